The number of benzene rings is 1. The Labute approximate surface area is 178 Å². The lowest BCUT2D eigenvalue weighted by molar-refractivity contribution is 0.173. The fraction of sp³-hybridized carbons (Fsp3) is 0.412. The molecule has 2 heterocycles. The van der Waals surface area contributed by atoms with Crippen molar-refractivity contribution in [3.63, 3.8) is 0 Å². The monoisotopic (exact) mass is 535 g/mol. The number of aliphatic imine (C=N–C) groups is 1. The molecule has 0 aliphatic carbocycles. The maximum atomic E-state index is 5.45. The van der Waals surface area contributed by atoms with Crippen molar-refractivity contribution in [2.45, 2.75) is 26.9 Å². The topological polar surface area (TPSA) is 72.7 Å². The number of nitrogens with one attached hydrogen (secondary N) is 2. The number of guanidine groups is 1. The van der Waals surface area contributed by atoms with E-state index in [2.05, 4.69) is 43.6 Å². The minimum absolute atomic E-state index is 0. The van der Waals surface area contributed by atoms with E-state index < -0.39 is 0 Å². The molecule has 26 heavy (non-hydrogen) atoms. The zero-order valence-electron chi connectivity index (χ0n) is 15.2. The molecule has 0 amide bonds. The molecule has 142 valence electrons. The number of hydrogen-bond donors (Lipinski definition) is 2. The Kier molecular flexibility index (Phi) is 7.16. The Morgan fingerprint density at radius 2 is 2.00 bits per heavy atom. The van der Waals surface area contributed by atoms with Crippen LogP contribution in [0.25, 0.3) is 0 Å². The summed E-state index contributed by atoms with van der Waals surface area (Å²) in [4.78, 5) is 4.28. The molecule has 0 saturated carbocycles. The average molecular weight is 536 g/mol. The summed E-state index contributed by atoms with van der Waals surface area (Å²) >= 11 is 3.51. The number of rotatable bonds is 4. The molecular formula is C17H23BrIN5O2. The number of nitrogens with zero attached hydrogens (tertiary/aromatic N) is 3. The van der Waals surface area contributed by atoms with Crippen LogP contribution in [0.2, 0.25) is 0 Å². The van der Waals surface area contributed by atoms with E-state index in [1.807, 2.05) is 30.8 Å². The van der Waals surface area contributed by atoms with E-state index in [-0.39, 0.29) is 30.8 Å². The average Bonchev–Trinajstić information content (AvgIpc) is 3.14. The number of hydrogen-bond acceptors (Lipinski definition) is 4. The Morgan fingerprint density at radius 1 is 1.27 bits per heavy atom. The quantitative estimate of drug-likeness (QED) is 0.358. The van der Waals surface area contributed by atoms with Crippen LogP contribution in [-0.4, -0.2) is 29.6 Å². The molecule has 1 aliphatic rings. The number of halogens is 2. The van der Waals surface area contributed by atoms with Gasteiger partial charge in [-0.05, 0) is 47.5 Å². The lowest BCUT2D eigenvalue weighted by Crippen LogP contribution is -2.36. The molecule has 0 spiro atoms. The molecule has 0 atom stereocenters. The maximum Gasteiger partial charge on any atom is 0.231 e. The zero-order chi connectivity index (χ0) is 18.0. The Hall–Kier alpha value is -1.49. The van der Waals surface area contributed by atoms with E-state index in [0.717, 1.165) is 38.9 Å². The molecule has 0 saturated heterocycles. The molecule has 3 rings (SSSR count). The van der Waals surface area contributed by atoms with Crippen LogP contribution in [0.1, 0.15) is 22.5 Å². The van der Waals surface area contributed by atoms with Crippen molar-refractivity contribution in [1.29, 1.82) is 0 Å². The molecule has 7 nitrogen and oxygen atoms in total. The molecule has 9 heteroatoms. The summed E-state index contributed by atoms with van der Waals surface area (Å²) in [6.07, 6.45) is 0. The van der Waals surface area contributed by atoms with Gasteiger partial charge in [-0.1, -0.05) is 0 Å². The summed E-state index contributed by atoms with van der Waals surface area (Å²) in [6, 6.07) is 3.99. The minimum Gasteiger partial charge on any atom is -0.454 e. The number of ether oxygens (including phenoxy) is 2. The predicted molar refractivity (Wildman–Crippen MR) is 115 cm³/mol. The second kappa shape index (κ2) is 8.94. The largest absolute Gasteiger partial charge is 0.454 e. The maximum absolute atomic E-state index is 5.45. The van der Waals surface area contributed by atoms with E-state index in [4.69, 9.17) is 9.47 Å². The lowest BCUT2D eigenvalue weighted by atomic mass is 10.2. The van der Waals surface area contributed by atoms with Gasteiger partial charge in [0.25, 0.3) is 0 Å². The van der Waals surface area contributed by atoms with Crippen LogP contribution < -0.4 is 20.1 Å². The van der Waals surface area contributed by atoms with Gasteiger partial charge in [0.05, 0.1) is 10.2 Å². The van der Waals surface area contributed by atoms with Crippen molar-refractivity contribution in [3.05, 3.63) is 39.1 Å². The first-order valence-electron chi connectivity index (χ1n) is 8.01. The first-order valence-corrected chi connectivity index (χ1v) is 8.80. The molecule has 1 aromatic carbocycles. The summed E-state index contributed by atoms with van der Waals surface area (Å²) in [5.74, 6) is 2.25. The van der Waals surface area contributed by atoms with Gasteiger partial charge in [0.2, 0.25) is 6.79 Å². The van der Waals surface area contributed by atoms with Gasteiger partial charge >= 0.3 is 0 Å². The van der Waals surface area contributed by atoms with Gasteiger partial charge in [0.1, 0.15) is 0 Å². The van der Waals surface area contributed by atoms with Crippen LogP contribution >= 0.6 is 39.9 Å². The summed E-state index contributed by atoms with van der Waals surface area (Å²) in [7, 11) is 3.71. The van der Waals surface area contributed by atoms with E-state index >= 15 is 0 Å². The number of aromatic nitrogens is 2. The summed E-state index contributed by atoms with van der Waals surface area (Å²) in [6.45, 7) is 5.65. The highest BCUT2D eigenvalue weighted by atomic mass is 127. The lowest BCUT2D eigenvalue weighted by Gasteiger charge is -2.13. The van der Waals surface area contributed by atoms with Gasteiger partial charge in [-0.15, -0.1) is 24.0 Å². The fourth-order valence-corrected chi connectivity index (χ4v) is 3.38. The van der Waals surface area contributed by atoms with Crippen molar-refractivity contribution < 1.29 is 9.47 Å². The minimum atomic E-state index is 0. The molecule has 0 unspecified atom stereocenters. The smallest absolute Gasteiger partial charge is 0.231 e. The number of aryl methyl sites for hydroxylation is 2. The van der Waals surface area contributed by atoms with Crippen LogP contribution in [0.4, 0.5) is 0 Å². The third-order valence-electron chi connectivity index (χ3n) is 4.26. The Balaban J connectivity index is 0.00000243. The first-order chi connectivity index (χ1) is 12.0. The number of fused-ring (bicyclic) bond motifs is 1. The Morgan fingerprint density at radius 3 is 2.65 bits per heavy atom. The molecule has 1 aliphatic heterocycles. The second-order valence-corrected chi connectivity index (χ2v) is 6.72. The van der Waals surface area contributed by atoms with Crippen molar-refractivity contribution in [2.24, 2.45) is 12.0 Å². The zero-order valence-corrected chi connectivity index (χ0v) is 19.1. The fourth-order valence-electron chi connectivity index (χ4n) is 2.77. The predicted octanol–water partition coefficient (Wildman–Crippen LogP) is 3.01. The van der Waals surface area contributed by atoms with Gasteiger partial charge in [0, 0.05) is 38.4 Å². The van der Waals surface area contributed by atoms with Crippen LogP contribution in [0.5, 0.6) is 11.5 Å². The highest BCUT2D eigenvalue weighted by Crippen LogP contribution is 2.39. The van der Waals surface area contributed by atoms with Crippen molar-refractivity contribution in [2.75, 3.05) is 13.8 Å². The molecule has 2 aromatic rings. The summed E-state index contributed by atoms with van der Waals surface area (Å²) in [5, 5.41) is 11.1. The molecule has 0 radical (unpaired) electrons. The third kappa shape index (κ3) is 4.43. The molecule has 1 aromatic heterocycles. The van der Waals surface area contributed by atoms with E-state index in [9.17, 15) is 0 Å². The Bertz CT molecular complexity index is 822. The third-order valence-corrected chi connectivity index (χ3v) is 4.85. The van der Waals surface area contributed by atoms with Crippen LogP contribution in [0.15, 0.2) is 21.6 Å². The van der Waals surface area contributed by atoms with Crippen molar-refractivity contribution in [1.82, 2.24) is 20.4 Å². The summed E-state index contributed by atoms with van der Waals surface area (Å²) < 4.78 is 13.6. The van der Waals surface area contributed by atoms with Crippen LogP contribution in [-0.2, 0) is 20.1 Å². The molecular weight excluding hydrogens is 513 g/mol. The van der Waals surface area contributed by atoms with E-state index in [1.54, 1.807) is 7.05 Å². The van der Waals surface area contributed by atoms with Gasteiger partial charge < -0.3 is 20.1 Å². The van der Waals surface area contributed by atoms with E-state index in [1.165, 1.54) is 5.56 Å². The summed E-state index contributed by atoms with van der Waals surface area (Å²) in [5.41, 5.74) is 4.45. The van der Waals surface area contributed by atoms with Crippen LogP contribution in [0.3, 0.4) is 0 Å². The van der Waals surface area contributed by atoms with Crippen LogP contribution in [0, 0.1) is 13.8 Å². The molecule has 0 fully saturated rings. The van der Waals surface area contributed by atoms with Gasteiger partial charge in [-0.25, -0.2) is 0 Å². The van der Waals surface area contributed by atoms with Gasteiger partial charge in [0.15, 0.2) is 17.5 Å². The van der Waals surface area contributed by atoms with E-state index in [0.29, 0.717) is 13.1 Å². The molecule has 2 N–H and O–H groups in total. The normalized spacial score (nSPS) is 12.7. The SMILES string of the molecule is CN=C(NCc1cc(Br)c2c(c1)OCO2)NCc1c(C)nn(C)c1C.I. The first kappa shape index (κ1) is 20.8. The van der Waals surface area contributed by atoms with Gasteiger partial charge in [-0.3, -0.25) is 9.67 Å². The molecule has 0 bridgehead atoms. The highest BCUT2D eigenvalue weighted by Gasteiger charge is 2.18. The van der Waals surface area contributed by atoms with Crippen molar-refractivity contribution in [3.8, 4) is 11.5 Å². The second-order valence-electron chi connectivity index (χ2n) is 5.86. The highest BCUT2D eigenvalue weighted by molar-refractivity contribution is 14.0. The standard InChI is InChI=1S/C17H22BrN5O2.HI/c1-10-13(11(2)23(4)22-10)8-21-17(19-3)20-7-12-5-14(18)16-15(6-12)24-9-25-16;/h5-6H,7-9H2,1-4H3,(H2,19,20,21);1H. The van der Waals surface area contributed by atoms with Gasteiger partial charge in [-0.2, -0.15) is 5.10 Å². The van der Waals surface area contributed by atoms with Crippen molar-refractivity contribution >= 4 is 45.9 Å².